The molecule has 27 heavy (non-hydrogen) atoms. The molecule has 0 spiro atoms. The Bertz CT molecular complexity index is 1120. The zero-order chi connectivity index (χ0) is 19.0. The standard InChI is InChI=1S/C19H15ClFN5O/c1-11(18-16(4-2-5-23-18)26-7-3-6-24-26)27-17-9-12-8-14(21)13(20)10-15(12)25-19(17)22/h2-11H,1H3,(H2,22,25). The Kier molecular flexibility index (Phi) is 4.37. The second-order valence-corrected chi connectivity index (χ2v) is 6.36. The molecule has 0 radical (unpaired) electrons. The van der Waals surface area contributed by atoms with Crippen LogP contribution in [0.5, 0.6) is 5.75 Å². The summed E-state index contributed by atoms with van der Waals surface area (Å²) in [6.07, 6.45) is 4.75. The molecule has 0 amide bonds. The van der Waals surface area contributed by atoms with Crippen molar-refractivity contribution in [1.29, 1.82) is 0 Å². The van der Waals surface area contributed by atoms with Gasteiger partial charge in [0, 0.05) is 24.0 Å². The maximum atomic E-state index is 13.8. The van der Waals surface area contributed by atoms with Crippen LogP contribution in [0.1, 0.15) is 18.7 Å². The van der Waals surface area contributed by atoms with Gasteiger partial charge in [0.1, 0.15) is 17.6 Å². The molecular weight excluding hydrogens is 369 g/mol. The molecule has 1 aromatic carbocycles. The molecule has 0 aliphatic heterocycles. The molecule has 0 saturated carbocycles. The van der Waals surface area contributed by atoms with Gasteiger partial charge in [0.05, 0.1) is 16.2 Å². The van der Waals surface area contributed by atoms with E-state index in [4.69, 9.17) is 22.1 Å². The fourth-order valence-electron chi connectivity index (χ4n) is 2.83. The summed E-state index contributed by atoms with van der Waals surface area (Å²) in [6.45, 7) is 1.85. The summed E-state index contributed by atoms with van der Waals surface area (Å²) >= 11 is 5.81. The number of nitrogens with zero attached hydrogens (tertiary/aromatic N) is 4. The largest absolute Gasteiger partial charge is 0.480 e. The van der Waals surface area contributed by atoms with E-state index in [2.05, 4.69) is 15.1 Å². The molecule has 8 heteroatoms. The lowest BCUT2D eigenvalue weighted by Crippen LogP contribution is -2.11. The van der Waals surface area contributed by atoms with Gasteiger partial charge in [-0.2, -0.15) is 5.10 Å². The number of hydrogen-bond donors (Lipinski definition) is 1. The second-order valence-electron chi connectivity index (χ2n) is 5.95. The highest BCUT2D eigenvalue weighted by molar-refractivity contribution is 6.31. The van der Waals surface area contributed by atoms with E-state index in [0.29, 0.717) is 22.3 Å². The van der Waals surface area contributed by atoms with Crippen LogP contribution >= 0.6 is 11.6 Å². The number of fused-ring (bicyclic) bond motifs is 1. The number of benzene rings is 1. The van der Waals surface area contributed by atoms with Crippen molar-refractivity contribution >= 4 is 28.3 Å². The second kappa shape index (κ2) is 6.85. The third kappa shape index (κ3) is 3.29. The SMILES string of the molecule is CC(Oc1cc2cc(F)c(Cl)cc2nc1N)c1ncccc1-n1cccn1. The van der Waals surface area contributed by atoms with Gasteiger partial charge in [0.25, 0.3) is 0 Å². The third-order valence-electron chi connectivity index (χ3n) is 4.11. The molecular formula is C19H15ClFN5O. The number of nitrogen functional groups attached to an aromatic ring is 1. The maximum Gasteiger partial charge on any atom is 0.166 e. The normalized spacial score (nSPS) is 12.3. The van der Waals surface area contributed by atoms with E-state index in [1.54, 1.807) is 23.1 Å². The minimum atomic E-state index is -0.527. The van der Waals surface area contributed by atoms with Crippen LogP contribution in [0.25, 0.3) is 16.6 Å². The molecule has 0 saturated heterocycles. The van der Waals surface area contributed by atoms with Crippen LogP contribution in [0, 0.1) is 5.82 Å². The number of anilines is 1. The molecule has 6 nitrogen and oxygen atoms in total. The van der Waals surface area contributed by atoms with Gasteiger partial charge in [-0.15, -0.1) is 0 Å². The van der Waals surface area contributed by atoms with Crippen LogP contribution in [0.2, 0.25) is 5.02 Å². The van der Waals surface area contributed by atoms with Crippen LogP contribution in [-0.2, 0) is 0 Å². The topological polar surface area (TPSA) is 78.9 Å². The Hall–Kier alpha value is -3.19. The van der Waals surface area contributed by atoms with Gasteiger partial charge in [0.15, 0.2) is 11.6 Å². The molecule has 0 aliphatic carbocycles. The Morgan fingerprint density at radius 3 is 2.85 bits per heavy atom. The van der Waals surface area contributed by atoms with E-state index >= 15 is 0 Å². The molecule has 1 atom stereocenters. The summed E-state index contributed by atoms with van der Waals surface area (Å²) in [5, 5.41) is 4.78. The first-order chi connectivity index (χ1) is 13.0. The number of ether oxygens (including phenoxy) is 1. The highest BCUT2D eigenvalue weighted by Crippen LogP contribution is 2.32. The van der Waals surface area contributed by atoms with Crippen LogP contribution in [0.4, 0.5) is 10.2 Å². The molecule has 3 heterocycles. The van der Waals surface area contributed by atoms with Gasteiger partial charge < -0.3 is 10.5 Å². The molecule has 1 unspecified atom stereocenters. The van der Waals surface area contributed by atoms with Crippen molar-refractivity contribution in [2.24, 2.45) is 0 Å². The fraction of sp³-hybridized carbons (Fsp3) is 0.105. The summed E-state index contributed by atoms with van der Waals surface area (Å²) in [6, 6.07) is 9.93. The van der Waals surface area contributed by atoms with Crippen molar-refractivity contribution in [3.8, 4) is 11.4 Å². The average Bonchev–Trinajstić information content (AvgIpc) is 3.19. The Morgan fingerprint density at radius 2 is 2.07 bits per heavy atom. The van der Waals surface area contributed by atoms with Crippen molar-refractivity contribution in [3.63, 3.8) is 0 Å². The molecule has 0 aliphatic rings. The van der Waals surface area contributed by atoms with Gasteiger partial charge in [-0.25, -0.2) is 14.1 Å². The van der Waals surface area contributed by atoms with Crippen molar-refractivity contribution in [2.75, 3.05) is 5.73 Å². The summed E-state index contributed by atoms with van der Waals surface area (Å²) < 4.78 is 21.5. The van der Waals surface area contributed by atoms with Gasteiger partial charge in [-0.05, 0) is 43.3 Å². The van der Waals surface area contributed by atoms with E-state index in [0.717, 1.165) is 5.69 Å². The summed E-state index contributed by atoms with van der Waals surface area (Å²) in [4.78, 5) is 8.68. The Labute approximate surface area is 159 Å². The number of nitrogens with two attached hydrogens (primary N) is 1. The highest BCUT2D eigenvalue weighted by atomic mass is 35.5. The van der Waals surface area contributed by atoms with Crippen LogP contribution in [0.3, 0.4) is 0 Å². The molecule has 4 aromatic rings. The quantitative estimate of drug-likeness (QED) is 0.567. The lowest BCUT2D eigenvalue weighted by molar-refractivity contribution is 0.222. The lowest BCUT2D eigenvalue weighted by Gasteiger charge is -2.18. The van der Waals surface area contributed by atoms with Gasteiger partial charge >= 0.3 is 0 Å². The van der Waals surface area contributed by atoms with Crippen molar-refractivity contribution in [2.45, 2.75) is 13.0 Å². The predicted octanol–water partition coefficient (Wildman–Crippen LogP) is 4.33. The summed E-state index contributed by atoms with van der Waals surface area (Å²) in [7, 11) is 0. The van der Waals surface area contributed by atoms with Crippen LogP contribution in [0.15, 0.2) is 55.0 Å². The number of hydrogen-bond acceptors (Lipinski definition) is 5. The number of rotatable bonds is 4. The maximum absolute atomic E-state index is 13.8. The van der Waals surface area contributed by atoms with Crippen molar-refractivity contribution in [3.05, 3.63) is 71.5 Å². The van der Waals surface area contributed by atoms with E-state index in [1.807, 2.05) is 31.3 Å². The summed E-state index contributed by atoms with van der Waals surface area (Å²) in [5.74, 6) is 0.00261. The zero-order valence-corrected chi connectivity index (χ0v) is 15.1. The van der Waals surface area contributed by atoms with Crippen molar-refractivity contribution in [1.82, 2.24) is 19.7 Å². The van der Waals surface area contributed by atoms with E-state index < -0.39 is 11.9 Å². The highest BCUT2D eigenvalue weighted by Gasteiger charge is 2.18. The van der Waals surface area contributed by atoms with E-state index in [1.165, 1.54) is 12.1 Å². The molecule has 2 N–H and O–H groups in total. The van der Waals surface area contributed by atoms with Crippen molar-refractivity contribution < 1.29 is 9.13 Å². The average molecular weight is 384 g/mol. The predicted molar refractivity (Wildman–Crippen MR) is 102 cm³/mol. The van der Waals surface area contributed by atoms with Gasteiger partial charge in [-0.1, -0.05) is 11.6 Å². The van der Waals surface area contributed by atoms with Gasteiger partial charge in [-0.3, -0.25) is 4.98 Å². The first-order valence-electron chi connectivity index (χ1n) is 8.20. The summed E-state index contributed by atoms with van der Waals surface area (Å²) in [5.41, 5.74) is 7.99. The van der Waals surface area contributed by atoms with Crippen LogP contribution in [-0.4, -0.2) is 19.7 Å². The Morgan fingerprint density at radius 1 is 1.22 bits per heavy atom. The smallest absolute Gasteiger partial charge is 0.166 e. The van der Waals surface area contributed by atoms with E-state index in [-0.39, 0.29) is 10.8 Å². The number of aromatic nitrogens is 4. The Balaban J connectivity index is 1.71. The minimum absolute atomic E-state index is 0.00575. The van der Waals surface area contributed by atoms with E-state index in [9.17, 15) is 4.39 Å². The molecule has 0 bridgehead atoms. The zero-order valence-electron chi connectivity index (χ0n) is 14.3. The molecule has 136 valence electrons. The van der Waals surface area contributed by atoms with Crippen LogP contribution < -0.4 is 10.5 Å². The number of halogens is 2. The lowest BCUT2D eigenvalue weighted by atomic mass is 10.2. The monoisotopic (exact) mass is 383 g/mol. The first-order valence-corrected chi connectivity index (χ1v) is 8.57. The fourth-order valence-corrected chi connectivity index (χ4v) is 2.99. The van der Waals surface area contributed by atoms with Gasteiger partial charge in [0.2, 0.25) is 0 Å². The molecule has 0 fully saturated rings. The molecule has 3 aromatic heterocycles. The minimum Gasteiger partial charge on any atom is -0.480 e. The third-order valence-corrected chi connectivity index (χ3v) is 4.40. The molecule has 4 rings (SSSR count). The first kappa shape index (κ1) is 17.2. The number of pyridine rings is 2.